The highest BCUT2D eigenvalue weighted by Gasteiger charge is 2.08. The summed E-state index contributed by atoms with van der Waals surface area (Å²) in [5.74, 6) is 0. The number of hydrogen-bond acceptors (Lipinski definition) is 0. The predicted octanol–water partition coefficient (Wildman–Crippen LogP) is 5.48. The molecule has 15 heavy (non-hydrogen) atoms. The fraction of sp³-hybridized carbons (Fsp3) is 0. The van der Waals surface area contributed by atoms with E-state index in [0.29, 0.717) is 0 Å². The van der Waals surface area contributed by atoms with Crippen molar-refractivity contribution in [2.75, 3.05) is 0 Å². The molecule has 0 atom stereocenters. The number of hydrogen-bond donors (Lipinski definition) is 0. The van der Waals surface area contributed by atoms with Gasteiger partial charge in [0.1, 0.15) is 0 Å². The second-order valence-corrected chi connectivity index (χ2v) is 5.82. The van der Waals surface area contributed by atoms with Crippen molar-refractivity contribution in [3.05, 3.63) is 55.0 Å². The molecule has 3 heteroatoms. The van der Waals surface area contributed by atoms with Gasteiger partial charge in [-0.3, -0.25) is 0 Å². The minimum Gasteiger partial charge on any atom is -0.0622 e. The number of benzene rings is 2. The molecule has 0 aromatic heterocycles. The fourth-order valence-corrected chi connectivity index (χ4v) is 3.20. The lowest BCUT2D eigenvalue weighted by atomic mass is 10.1. The van der Waals surface area contributed by atoms with Crippen molar-refractivity contribution >= 4 is 54.5 Å². The maximum atomic E-state index is 3.57. The Labute approximate surface area is 119 Å². The highest BCUT2D eigenvalue weighted by Crippen LogP contribution is 2.35. The predicted molar refractivity (Wildman–Crippen MR) is 80.0 cm³/mol. The zero-order chi connectivity index (χ0) is 10.8. The van der Waals surface area contributed by atoms with Gasteiger partial charge in [0.2, 0.25) is 0 Å². The zero-order valence-corrected chi connectivity index (χ0v) is 13.0. The van der Waals surface area contributed by atoms with Crippen LogP contribution in [0.15, 0.2) is 51.4 Å². The van der Waals surface area contributed by atoms with Gasteiger partial charge in [0.25, 0.3) is 0 Å². The van der Waals surface area contributed by atoms with Gasteiger partial charge in [-0.25, -0.2) is 0 Å². The Kier molecular flexibility index (Phi) is 3.85. The van der Waals surface area contributed by atoms with Gasteiger partial charge in [-0.05, 0) is 71.6 Å². The lowest BCUT2D eigenvalue weighted by Crippen LogP contribution is -1.85. The molecule has 76 valence electrons. The molecule has 0 saturated carbocycles. The molecule has 0 nitrogen and oxygen atoms in total. The third-order valence-electron chi connectivity index (χ3n) is 2.12. The van der Waals surface area contributed by atoms with Crippen LogP contribution in [0.3, 0.4) is 0 Å². The SMILES string of the molecule is Brc1ccc(-c2ccccc2)c(I)c1Br. The third-order valence-corrected chi connectivity index (χ3v) is 6.00. The maximum absolute atomic E-state index is 3.57. The first kappa shape index (κ1) is 11.6. The Bertz CT molecular complexity index is 480. The lowest BCUT2D eigenvalue weighted by molar-refractivity contribution is 1.51. The highest BCUT2D eigenvalue weighted by atomic mass is 127. The van der Waals surface area contributed by atoms with E-state index in [1.165, 1.54) is 14.7 Å². The average Bonchev–Trinajstić information content (AvgIpc) is 2.27. The van der Waals surface area contributed by atoms with E-state index < -0.39 is 0 Å². The standard InChI is InChI=1S/C12H7Br2I/c13-10-7-6-9(12(15)11(10)14)8-4-2-1-3-5-8/h1-7H. The van der Waals surface area contributed by atoms with E-state index >= 15 is 0 Å². The second-order valence-electron chi connectivity index (χ2n) is 3.09. The summed E-state index contributed by atoms with van der Waals surface area (Å²) in [6.45, 7) is 0. The molecule has 0 spiro atoms. The quantitative estimate of drug-likeness (QED) is 0.409. The van der Waals surface area contributed by atoms with Gasteiger partial charge in [0.05, 0.1) is 0 Å². The molecule has 0 unspecified atom stereocenters. The lowest BCUT2D eigenvalue weighted by Gasteiger charge is -2.07. The fourth-order valence-electron chi connectivity index (χ4n) is 1.37. The Morgan fingerprint density at radius 1 is 0.867 bits per heavy atom. The zero-order valence-electron chi connectivity index (χ0n) is 7.68. The molecule has 2 aromatic rings. The Morgan fingerprint density at radius 3 is 2.20 bits per heavy atom. The van der Waals surface area contributed by atoms with Crippen LogP contribution in [0.4, 0.5) is 0 Å². The monoisotopic (exact) mass is 436 g/mol. The summed E-state index contributed by atoms with van der Waals surface area (Å²) in [7, 11) is 0. The molecule has 0 bridgehead atoms. The van der Waals surface area contributed by atoms with Gasteiger partial charge in [-0.15, -0.1) is 0 Å². The molecule has 0 aliphatic rings. The summed E-state index contributed by atoms with van der Waals surface area (Å²) in [6, 6.07) is 14.6. The van der Waals surface area contributed by atoms with Crippen molar-refractivity contribution in [2.45, 2.75) is 0 Å². The molecule has 0 amide bonds. The van der Waals surface area contributed by atoms with Crippen molar-refractivity contribution in [3.8, 4) is 11.1 Å². The molecule has 0 N–H and O–H groups in total. The molecule has 2 aromatic carbocycles. The molecular formula is C12H7Br2I. The summed E-state index contributed by atoms with van der Waals surface area (Å²) in [5, 5.41) is 0. The smallest absolute Gasteiger partial charge is 0.0457 e. The Hall–Kier alpha value is 0.130. The average molecular weight is 438 g/mol. The molecule has 0 aliphatic heterocycles. The van der Waals surface area contributed by atoms with Crippen LogP contribution in [0.5, 0.6) is 0 Å². The second kappa shape index (κ2) is 4.97. The van der Waals surface area contributed by atoms with Crippen LogP contribution in [-0.2, 0) is 0 Å². The van der Waals surface area contributed by atoms with Gasteiger partial charge < -0.3 is 0 Å². The van der Waals surface area contributed by atoms with Gasteiger partial charge in [-0.2, -0.15) is 0 Å². The van der Waals surface area contributed by atoms with Crippen molar-refractivity contribution in [3.63, 3.8) is 0 Å². The largest absolute Gasteiger partial charge is 0.0622 e. The van der Waals surface area contributed by atoms with E-state index in [1.54, 1.807) is 0 Å². The maximum Gasteiger partial charge on any atom is 0.0457 e. The first-order valence-electron chi connectivity index (χ1n) is 4.39. The van der Waals surface area contributed by atoms with Crippen molar-refractivity contribution in [1.29, 1.82) is 0 Å². The minimum absolute atomic E-state index is 1.09. The van der Waals surface area contributed by atoms with Crippen molar-refractivity contribution in [1.82, 2.24) is 0 Å². The normalized spacial score (nSPS) is 10.3. The van der Waals surface area contributed by atoms with Gasteiger partial charge in [-0.1, -0.05) is 36.4 Å². The first-order chi connectivity index (χ1) is 7.20. The summed E-state index contributed by atoms with van der Waals surface area (Å²) in [6.07, 6.45) is 0. The van der Waals surface area contributed by atoms with E-state index in [1.807, 2.05) is 6.07 Å². The van der Waals surface area contributed by atoms with Gasteiger partial charge >= 0.3 is 0 Å². The molecule has 0 aliphatic carbocycles. The molecular weight excluding hydrogens is 431 g/mol. The molecule has 0 saturated heterocycles. The molecule has 2 rings (SSSR count). The van der Waals surface area contributed by atoms with Crippen LogP contribution in [0.25, 0.3) is 11.1 Å². The van der Waals surface area contributed by atoms with E-state index in [0.717, 1.165) is 8.95 Å². The summed E-state index contributed by atoms with van der Waals surface area (Å²) in [4.78, 5) is 0. The number of rotatable bonds is 1. The molecule has 0 heterocycles. The molecule has 0 radical (unpaired) electrons. The van der Waals surface area contributed by atoms with Crippen LogP contribution >= 0.6 is 54.5 Å². The summed E-state index contributed by atoms with van der Waals surface area (Å²) in [5.41, 5.74) is 2.50. The first-order valence-corrected chi connectivity index (χ1v) is 7.05. The van der Waals surface area contributed by atoms with Crippen LogP contribution in [0, 0.1) is 3.57 Å². The third kappa shape index (κ3) is 2.45. The van der Waals surface area contributed by atoms with Crippen LogP contribution in [0.1, 0.15) is 0 Å². The minimum atomic E-state index is 1.09. The van der Waals surface area contributed by atoms with Gasteiger partial charge in [0.15, 0.2) is 0 Å². The van der Waals surface area contributed by atoms with Gasteiger partial charge in [0, 0.05) is 12.5 Å². The van der Waals surface area contributed by atoms with E-state index in [2.05, 4.69) is 90.8 Å². The van der Waals surface area contributed by atoms with Crippen LogP contribution in [-0.4, -0.2) is 0 Å². The van der Waals surface area contributed by atoms with E-state index in [9.17, 15) is 0 Å². The topological polar surface area (TPSA) is 0 Å². The van der Waals surface area contributed by atoms with E-state index in [4.69, 9.17) is 0 Å². The van der Waals surface area contributed by atoms with Crippen molar-refractivity contribution < 1.29 is 0 Å². The van der Waals surface area contributed by atoms with Crippen molar-refractivity contribution in [2.24, 2.45) is 0 Å². The van der Waals surface area contributed by atoms with E-state index in [-0.39, 0.29) is 0 Å². The Balaban J connectivity index is 2.60. The molecule has 0 fully saturated rings. The highest BCUT2D eigenvalue weighted by molar-refractivity contribution is 14.1. The number of halogens is 3. The van der Waals surface area contributed by atoms with Crippen LogP contribution in [0.2, 0.25) is 0 Å². The van der Waals surface area contributed by atoms with Crippen LogP contribution < -0.4 is 0 Å². The Morgan fingerprint density at radius 2 is 1.53 bits per heavy atom. The summed E-state index contributed by atoms with van der Waals surface area (Å²) >= 11 is 9.43. The summed E-state index contributed by atoms with van der Waals surface area (Å²) < 4.78 is 3.43.